The Morgan fingerprint density at radius 1 is 1.00 bits per heavy atom. The van der Waals surface area contributed by atoms with Crippen LogP contribution in [0.3, 0.4) is 0 Å². The van der Waals surface area contributed by atoms with Gasteiger partial charge in [-0.2, -0.15) is 0 Å². The smallest absolute Gasteiger partial charge is 0.00132 e. The van der Waals surface area contributed by atoms with Crippen molar-refractivity contribution in [3.63, 3.8) is 0 Å². The maximum atomic E-state index is 2.34. The van der Waals surface area contributed by atoms with Crippen molar-refractivity contribution in [2.45, 2.75) is 20.3 Å². The van der Waals surface area contributed by atoms with Gasteiger partial charge in [-0.15, -0.1) is 0 Å². The Morgan fingerprint density at radius 2 is 1.76 bits per heavy atom. The molecular formula is C17H16. The second kappa shape index (κ2) is 3.89. The maximum Gasteiger partial charge on any atom is -0.00132 e. The first-order valence-electron chi connectivity index (χ1n) is 6.14. The van der Waals surface area contributed by atoms with Crippen LogP contribution in [0.5, 0.6) is 0 Å². The fourth-order valence-corrected chi connectivity index (χ4v) is 2.56. The van der Waals surface area contributed by atoms with Crippen LogP contribution in [0.15, 0.2) is 48.5 Å². The zero-order valence-electron chi connectivity index (χ0n) is 10.3. The van der Waals surface area contributed by atoms with E-state index in [9.17, 15) is 0 Å². The third-order valence-electron chi connectivity index (χ3n) is 3.68. The summed E-state index contributed by atoms with van der Waals surface area (Å²) >= 11 is 0. The highest BCUT2D eigenvalue weighted by atomic mass is 14.2. The lowest BCUT2D eigenvalue weighted by Gasteiger charge is -2.05. The summed E-state index contributed by atoms with van der Waals surface area (Å²) in [5.74, 6) is 0. The summed E-state index contributed by atoms with van der Waals surface area (Å²) in [6.07, 6.45) is 3.25. The predicted molar refractivity (Wildman–Crippen MR) is 74.0 cm³/mol. The molecule has 0 heteroatoms. The van der Waals surface area contributed by atoms with Gasteiger partial charge in [0.25, 0.3) is 0 Å². The molecule has 84 valence electrons. The topological polar surface area (TPSA) is 0 Å². The molecule has 17 heavy (non-hydrogen) atoms. The van der Waals surface area contributed by atoms with Gasteiger partial charge in [0.2, 0.25) is 0 Å². The molecule has 0 bridgehead atoms. The molecule has 1 aliphatic carbocycles. The Kier molecular flexibility index (Phi) is 2.36. The van der Waals surface area contributed by atoms with Crippen molar-refractivity contribution in [3.05, 3.63) is 65.2 Å². The molecular weight excluding hydrogens is 204 g/mol. The number of benzene rings is 2. The van der Waals surface area contributed by atoms with E-state index < -0.39 is 0 Å². The Morgan fingerprint density at radius 3 is 2.59 bits per heavy atom. The predicted octanol–water partition coefficient (Wildman–Crippen LogP) is 4.68. The number of allylic oxidation sites excluding steroid dienone is 2. The van der Waals surface area contributed by atoms with Crippen molar-refractivity contribution >= 4 is 5.57 Å². The molecule has 0 unspecified atom stereocenters. The number of hydrogen-bond acceptors (Lipinski definition) is 0. The van der Waals surface area contributed by atoms with E-state index in [1.165, 1.54) is 33.4 Å². The zero-order valence-corrected chi connectivity index (χ0v) is 10.3. The minimum Gasteiger partial charge on any atom is -0.0841 e. The van der Waals surface area contributed by atoms with Gasteiger partial charge in [0, 0.05) is 0 Å². The van der Waals surface area contributed by atoms with Crippen LogP contribution in [0.4, 0.5) is 0 Å². The Hall–Kier alpha value is -1.82. The summed E-state index contributed by atoms with van der Waals surface area (Å²) in [5, 5.41) is 0. The normalized spacial score (nSPS) is 13.4. The molecule has 0 amide bonds. The summed E-state index contributed by atoms with van der Waals surface area (Å²) in [5.41, 5.74) is 8.44. The van der Waals surface area contributed by atoms with E-state index in [0.717, 1.165) is 6.42 Å². The van der Waals surface area contributed by atoms with Gasteiger partial charge in [0.15, 0.2) is 0 Å². The van der Waals surface area contributed by atoms with Crippen molar-refractivity contribution in [2.75, 3.05) is 0 Å². The van der Waals surface area contributed by atoms with Gasteiger partial charge < -0.3 is 0 Å². The Bertz CT molecular complexity index is 603. The first kappa shape index (κ1) is 10.3. The van der Waals surface area contributed by atoms with Crippen LogP contribution in [0, 0.1) is 0 Å². The van der Waals surface area contributed by atoms with Crippen molar-refractivity contribution in [3.8, 4) is 11.1 Å². The minimum absolute atomic E-state index is 1.08. The number of fused-ring (bicyclic) bond motifs is 3. The standard InChI is InChI=1S/C17H16/c1-3-12(2)13-8-9-17-15(10-13)11-14-6-4-5-7-16(14)17/h3-10H,11H2,1-2H3. The quantitative estimate of drug-likeness (QED) is 0.558. The molecule has 2 aromatic carbocycles. The lowest BCUT2D eigenvalue weighted by molar-refractivity contribution is 1.26. The molecule has 0 aromatic heterocycles. The summed E-state index contributed by atoms with van der Waals surface area (Å²) in [4.78, 5) is 0. The van der Waals surface area contributed by atoms with Gasteiger partial charge in [0.05, 0.1) is 0 Å². The molecule has 0 saturated heterocycles. The van der Waals surface area contributed by atoms with E-state index in [-0.39, 0.29) is 0 Å². The summed E-state index contributed by atoms with van der Waals surface area (Å²) in [6.45, 7) is 4.27. The highest BCUT2D eigenvalue weighted by Gasteiger charge is 2.17. The molecule has 0 aliphatic heterocycles. The first-order valence-corrected chi connectivity index (χ1v) is 6.14. The number of hydrogen-bond donors (Lipinski definition) is 0. The van der Waals surface area contributed by atoms with Crippen LogP contribution in [0.25, 0.3) is 16.7 Å². The molecule has 1 aliphatic rings. The summed E-state index contributed by atoms with van der Waals surface area (Å²) in [7, 11) is 0. The van der Waals surface area contributed by atoms with Crippen molar-refractivity contribution < 1.29 is 0 Å². The van der Waals surface area contributed by atoms with Gasteiger partial charge in [-0.05, 0) is 53.7 Å². The fraction of sp³-hybridized carbons (Fsp3) is 0.176. The van der Waals surface area contributed by atoms with Gasteiger partial charge in [-0.1, -0.05) is 48.5 Å². The molecule has 0 heterocycles. The van der Waals surface area contributed by atoms with E-state index in [2.05, 4.69) is 62.4 Å². The average molecular weight is 220 g/mol. The van der Waals surface area contributed by atoms with Crippen LogP contribution in [-0.2, 0) is 6.42 Å². The third kappa shape index (κ3) is 1.61. The third-order valence-corrected chi connectivity index (χ3v) is 3.68. The molecule has 0 saturated carbocycles. The lowest BCUT2D eigenvalue weighted by Crippen LogP contribution is -1.84. The van der Waals surface area contributed by atoms with E-state index in [1.54, 1.807) is 0 Å². The molecule has 0 fully saturated rings. The molecule has 0 N–H and O–H groups in total. The van der Waals surface area contributed by atoms with Gasteiger partial charge in [0.1, 0.15) is 0 Å². The van der Waals surface area contributed by atoms with Crippen LogP contribution < -0.4 is 0 Å². The maximum absolute atomic E-state index is 2.34. The van der Waals surface area contributed by atoms with Crippen LogP contribution in [-0.4, -0.2) is 0 Å². The summed E-state index contributed by atoms with van der Waals surface area (Å²) in [6, 6.07) is 15.5. The van der Waals surface area contributed by atoms with Crippen LogP contribution in [0.2, 0.25) is 0 Å². The molecule has 0 spiro atoms. The summed E-state index contributed by atoms with van der Waals surface area (Å²) < 4.78 is 0. The highest BCUT2D eigenvalue weighted by molar-refractivity contribution is 5.79. The van der Waals surface area contributed by atoms with Crippen molar-refractivity contribution in [2.24, 2.45) is 0 Å². The highest BCUT2D eigenvalue weighted by Crippen LogP contribution is 2.37. The van der Waals surface area contributed by atoms with Gasteiger partial charge in [-0.3, -0.25) is 0 Å². The molecule has 0 atom stereocenters. The number of rotatable bonds is 1. The first-order chi connectivity index (χ1) is 8.29. The van der Waals surface area contributed by atoms with E-state index >= 15 is 0 Å². The largest absolute Gasteiger partial charge is 0.0841 e. The molecule has 0 nitrogen and oxygen atoms in total. The Labute approximate surface area is 103 Å². The van der Waals surface area contributed by atoms with Gasteiger partial charge >= 0.3 is 0 Å². The van der Waals surface area contributed by atoms with E-state index in [4.69, 9.17) is 0 Å². The average Bonchev–Trinajstić information content (AvgIpc) is 2.75. The van der Waals surface area contributed by atoms with Crippen LogP contribution in [0.1, 0.15) is 30.5 Å². The van der Waals surface area contributed by atoms with Crippen molar-refractivity contribution in [1.82, 2.24) is 0 Å². The molecule has 3 rings (SSSR count). The van der Waals surface area contributed by atoms with Crippen LogP contribution >= 0.6 is 0 Å². The molecule has 2 aromatic rings. The SMILES string of the molecule is CC=C(C)c1ccc2c(c1)Cc1ccccc1-2. The van der Waals surface area contributed by atoms with Gasteiger partial charge in [-0.25, -0.2) is 0 Å². The monoisotopic (exact) mass is 220 g/mol. The van der Waals surface area contributed by atoms with E-state index in [0.29, 0.717) is 0 Å². The second-order valence-electron chi connectivity index (χ2n) is 4.68. The lowest BCUT2D eigenvalue weighted by atomic mass is 10.00. The molecule has 0 radical (unpaired) electrons. The van der Waals surface area contributed by atoms with E-state index in [1.807, 2.05) is 0 Å². The Balaban J connectivity index is 2.13. The minimum atomic E-state index is 1.08. The second-order valence-corrected chi connectivity index (χ2v) is 4.68. The van der Waals surface area contributed by atoms with Crippen molar-refractivity contribution in [1.29, 1.82) is 0 Å². The zero-order chi connectivity index (χ0) is 11.8. The fourth-order valence-electron chi connectivity index (χ4n) is 2.56.